The Balaban J connectivity index is 2.38. The standard InChI is InChI=1S/C15H31NO/c1-3-5-7-12-14(16)15(17-4-2)13-10-8-6-9-11-13/h13-15H,3-12,16H2,1-2H3. The first-order chi connectivity index (χ1) is 8.29. The Morgan fingerprint density at radius 2 is 1.82 bits per heavy atom. The Bertz CT molecular complexity index is 178. The van der Waals surface area contributed by atoms with E-state index in [-0.39, 0.29) is 6.04 Å². The molecule has 0 spiro atoms. The van der Waals surface area contributed by atoms with E-state index < -0.39 is 0 Å². The van der Waals surface area contributed by atoms with Gasteiger partial charge in [0, 0.05) is 12.6 Å². The predicted molar refractivity (Wildman–Crippen MR) is 74.1 cm³/mol. The van der Waals surface area contributed by atoms with Crippen molar-refractivity contribution in [2.75, 3.05) is 6.61 Å². The van der Waals surface area contributed by atoms with Gasteiger partial charge in [-0.25, -0.2) is 0 Å². The Hall–Kier alpha value is -0.0800. The van der Waals surface area contributed by atoms with Crippen LogP contribution in [0.25, 0.3) is 0 Å². The van der Waals surface area contributed by atoms with E-state index in [1.54, 1.807) is 0 Å². The van der Waals surface area contributed by atoms with E-state index in [0.717, 1.165) is 18.9 Å². The van der Waals surface area contributed by atoms with Crippen LogP contribution in [-0.2, 0) is 4.74 Å². The molecule has 1 fully saturated rings. The quantitative estimate of drug-likeness (QED) is 0.655. The fourth-order valence-corrected chi connectivity index (χ4v) is 3.06. The molecule has 1 saturated carbocycles. The molecule has 0 aromatic carbocycles. The molecule has 1 aliphatic carbocycles. The molecule has 2 unspecified atom stereocenters. The van der Waals surface area contributed by atoms with Crippen LogP contribution in [-0.4, -0.2) is 18.8 Å². The van der Waals surface area contributed by atoms with Crippen molar-refractivity contribution in [1.29, 1.82) is 0 Å². The van der Waals surface area contributed by atoms with Crippen LogP contribution >= 0.6 is 0 Å². The molecule has 1 rings (SSSR count). The van der Waals surface area contributed by atoms with Gasteiger partial charge in [0.1, 0.15) is 0 Å². The minimum absolute atomic E-state index is 0.254. The number of nitrogens with two attached hydrogens (primary N) is 1. The molecule has 0 amide bonds. The van der Waals surface area contributed by atoms with Crippen LogP contribution < -0.4 is 5.73 Å². The lowest BCUT2D eigenvalue weighted by molar-refractivity contribution is -0.0112. The van der Waals surface area contributed by atoms with Crippen LogP contribution in [0.4, 0.5) is 0 Å². The molecule has 2 N–H and O–H groups in total. The van der Waals surface area contributed by atoms with E-state index >= 15 is 0 Å². The smallest absolute Gasteiger partial charge is 0.0753 e. The minimum atomic E-state index is 0.254. The van der Waals surface area contributed by atoms with Crippen LogP contribution in [0, 0.1) is 5.92 Å². The Morgan fingerprint density at radius 3 is 2.41 bits per heavy atom. The highest BCUT2D eigenvalue weighted by Crippen LogP contribution is 2.30. The molecular weight excluding hydrogens is 210 g/mol. The zero-order valence-electron chi connectivity index (χ0n) is 11.8. The lowest BCUT2D eigenvalue weighted by Crippen LogP contribution is -2.42. The van der Waals surface area contributed by atoms with Crippen LogP contribution in [0.2, 0.25) is 0 Å². The lowest BCUT2D eigenvalue weighted by Gasteiger charge is -2.34. The van der Waals surface area contributed by atoms with Crippen molar-refractivity contribution in [3.8, 4) is 0 Å². The molecular formula is C15H31NO. The second kappa shape index (κ2) is 8.93. The maximum Gasteiger partial charge on any atom is 0.0753 e. The molecule has 0 radical (unpaired) electrons. The fourth-order valence-electron chi connectivity index (χ4n) is 3.06. The number of rotatable bonds is 8. The number of hydrogen-bond acceptors (Lipinski definition) is 2. The van der Waals surface area contributed by atoms with Crippen LogP contribution in [0.3, 0.4) is 0 Å². The Labute approximate surface area is 107 Å². The summed E-state index contributed by atoms with van der Waals surface area (Å²) < 4.78 is 5.95. The predicted octanol–water partition coefficient (Wildman–Crippen LogP) is 3.88. The highest BCUT2D eigenvalue weighted by Gasteiger charge is 2.28. The van der Waals surface area contributed by atoms with Gasteiger partial charge >= 0.3 is 0 Å². The second-order valence-electron chi connectivity index (χ2n) is 5.48. The van der Waals surface area contributed by atoms with E-state index in [1.165, 1.54) is 51.4 Å². The van der Waals surface area contributed by atoms with Gasteiger partial charge in [0.2, 0.25) is 0 Å². The number of unbranched alkanes of at least 4 members (excludes halogenated alkanes) is 2. The summed E-state index contributed by atoms with van der Waals surface area (Å²) in [5, 5.41) is 0. The minimum Gasteiger partial charge on any atom is -0.377 e. The highest BCUT2D eigenvalue weighted by atomic mass is 16.5. The van der Waals surface area contributed by atoms with Crippen molar-refractivity contribution in [2.24, 2.45) is 11.7 Å². The first-order valence-electron chi connectivity index (χ1n) is 7.66. The van der Waals surface area contributed by atoms with Gasteiger partial charge in [0.15, 0.2) is 0 Å². The van der Waals surface area contributed by atoms with Crippen molar-refractivity contribution >= 4 is 0 Å². The largest absolute Gasteiger partial charge is 0.377 e. The molecule has 102 valence electrons. The molecule has 17 heavy (non-hydrogen) atoms. The molecule has 0 bridgehead atoms. The highest BCUT2D eigenvalue weighted by molar-refractivity contribution is 4.82. The lowest BCUT2D eigenvalue weighted by atomic mass is 9.81. The molecule has 0 aromatic heterocycles. The normalized spacial score (nSPS) is 21.4. The zero-order chi connectivity index (χ0) is 12.5. The van der Waals surface area contributed by atoms with Crippen molar-refractivity contribution in [2.45, 2.75) is 83.8 Å². The van der Waals surface area contributed by atoms with E-state index in [4.69, 9.17) is 10.5 Å². The van der Waals surface area contributed by atoms with Crippen LogP contribution in [0.1, 0.15) is 71.6 Å². The Morgan fingerprint density at radius 1 is 1.12 bits per heavy atom. The van der Waals surface area contributed by atoms with E-state index in [2.05, 4.69) is 13.8 Å². The fraction of sp³-hybridized carbons (Fsp3) is 1.00. The third kappa shape index (κ3) is 5.39. The maximum absolute atomic E-state index is 6.35. The Kier molecular flexibility index (Phi) is 7.87. The van der Waals surface area contributed by atoms with Crippen LogP contribution in [0.15, 0.2) is 0 Å². The zero-order valence-corrected chi connectivity index (χ0v) is 11.8. The van der Waals surface area contributed by atoms with Crippen LogP contribution in [0.5, 0.6) is 0 Å². The SMILES string of the molecule is CCCCCC(N)C(OCC)C1CCCCC1. The van der Waals surface area contributed by atoms with Gasteiger partial charge in [0.05, 0.1) is 6.10 Å². The number of hydrogen-bond donors (Lipinski definition) is 1. The molecule has 2 heteroatoms. The summed E-state index contributed by atoms with van der Waals surface area (Å²) in [4.78, 5) is 0. The van der Waals surface area contributed by atoms with E-state index in [1.807, 2.05) is 0 Å². The van der Waals surface area contributed by atoms with Gasteiger partial charge in [-0.3, -0.25) is 0 Å². The summed E-state index contributed by atoms with van der Waals surface area (Å²) in [5.74, 6) is 0.723. The van der Waals surface area contributed by atoms with Gasteiger partial charge < -0.3 is 10.5 Å². The van der Waals surface area contributed by atoms with Gasteiger partial charge in [0.25, 0.3) is 0 Å². The van der Waals surface area contributed by atoms with Gasteiger partial charge in [-0.05, 0) is 32.1 Å². The summed E-state index contributed by atoms with van der Waals surface area (Å²) in [6, 6.07) is 0.254. The monoisotopic (exact) mass is 241 g/mol. The van der Waals surface area contributed by atoms with Gasteiger partial charge in [-0.15, -0.1) is 0 Å². The van der Waals surface area contributed by atoms with Crippen molar-refractivity contribution in [1.82, 2.24) is 0 Å². The summed E-state index contributed by atoms with van der Waals surface area (Å²) >= 11 is 0. The van der Waals surface area contributed by atoms with Crippen molar-refractivity contribution < 1.29 is 4.74 Å². The maximum atomic E-state index is 6.35. The molecule has 2 atom stereocenters. The third-order valence-corrected chi connectivity index (χ3v) is 4.04. The summed E-state index contributed by atoms with van der Waals surface area (Å²) in [7, 11) is 0. The average Bonchev–Trinajstić information content (AvgIpc) is 2.37. The molecule has 0 saturated heterocycles. The molecule has 1 aliphatic rings. The second-order valence-corrected chi connectivity index (χ2v) is 5.48. The summed E-state index contributed by atoms with van der Waals surface area (Å²) in [5.41, 5.74) is 6.35. The van der Waals surface area contributed by atoms with Crippen molar-refractivity contribution in [3.63, 3.8) is 0 Å². The molecule has 0 heterocycles. The summed E-state index contributed by atoms with van der Waals surface area (Å²) in [6.45, 7) is 5.14. The topological polar surface area (TPSA) is 35.2 Å². The molecule has 0 aliphatic heterocycles. The first kappa shape index (κ1) is 15.0. The van der Waals surface area contributed by atoms with Gasteiger partial charge in [-0.2, -0.15) is 0 Å². The van der Waals surface area contributed by atoms with Crippen molar-refractivity contribution in [3.05, 3.63) is 0 Å². The third-order valence-electron chi connectivity index (χ3n) is 4.04. The van der Waals surface area contributed by atoms with E-state index in [0.29, 0.717) is 6.10 Å². The molecule has 0 aromatic rings. The molecule has 2 nitrogen and oxygen atoms in total. The van der Waals surface area contributed by atoms with E-state index in [9.17, 15) is 0 Å². The first-order valence-corrected chi connectivity index (χ1v) is 7.66. The number of ether oxygens (including phenoxy) is 1. The summed E-state index contributed by atoms with van der Waals surface area (Å²) in [6.07, 6.45) is 12.1. The van der Waals surface area contributed by atoms with Gasteiger partial charge in [-0.1, -0.05) is 45.4 Å². The average molecular weight is 241 g/mol.